The number of anilines is 1. The maximum atomic E-state index is 12.2. The number of carbonyl (C=O) groups is 1. The summed E-state index contributed by atoms with van der Waals surface area (Å²) in [6.45, 7) is 1.07. The van der Waals surface area contributed by atoms with Gasteiger partial charge < -0.3 is 15.6 Å². The van der Waals surface area contributed by atoms with Crippen LogP contribution in [-0.4, -0.2) is 26.9 Å². The molecule has 3 aromatic rings. The van der Waals surface area contributed by atoms with Crippen LogP contribution < -0.4 is 11.1 Å². The normalized spacial score (nSPS) is 10.5. The minimum absolute atomic E-state index is 0.0273. The molecular formula is C19H19N5O3. The number of nitro benzene ring substituents is 1. The molecule has 0 spiro atoms. The van der Waals surface area contributed by atoms with Crippen LogP contribution in [0.4, 0.5) is 11.4 Å². The van der Waals surface area contributed by atoms with Crippen LogP contribution in [0, 0.1) is 10.1 Å². The van der Waals surface area contributed by atoms with Gasteiger partial charge in [0.05, 0.1) is 4.92 Å². The van der Waals surface area contributed by atoms with Gasteiger partial charge >= 0.3 is 0 Å². The summed E-state index contributed by atoms with van der Waals surface area (Å²) in [6, 6.07) is 14.0. The Labute approximate surface area is 155 Å². The summed E-state index contributed by atoms with van der Waals surface area (Å²) in [4.78, 5) is 26.9. The predicted molar refractivity (Wildman–Crippen MR) is 101 cm³/mol. The van der Waals surface area contributed by atoms with Crippen LogP contribution in [0.1, 0.15) is 21.7 Å². The van der Waals surface area contributed by atoms with Crippen molar-refractivity contribution in [3.8, 4) is 0 Å². The van der Waals surface area contributed by atoms with Gasteiger partial charge in [0, 0.05) is 43.5 Å². The van der Waals surface area contributed by atoms with Gasteiger partial charge in [-0.2, -0.15) is 0 Å². The summed E-state index contributed by atoms with van der Waals surface area (Å²) in [6.07, 6.45) is 4.17. The van der Waals surface area contributed by atoms with Gasteiger partial charge in [0.15, 0.2) is 0 Å². The minimum Gasteiger partial charge on any atom is -0.393 e. The van der Waals surface area contributed by atoms with Crippen LogP contribution in [0.5, 0.6) is 0 Å². The van der Waals surface area contributed by atoms with Gasteiger partial charge in [-0.1, -0.05) is 30.3 Å². The molecule has 0 bridgehead atoms. The molecule has 27 heavy (non-hydrogen) atoms. The van der Waals surface area contributed by atoms with E-state index in [0.29, 0.717) is 19.5 Å². The van der Waals surface area contributed by atoms with E-state index in [9.17, 15) is 14.9 Å². The van der Waals surface area contributed by atoms with E-state index in [-0.39, 0.29) is 22.8 Å². The van der Waals surface area contributed by atoms with Crippen LogP contribution in [0.15, 0.2) is 60.9 Å². The number of amides is 1. The highest BCUT2D eigenvalue weighted by molar-refractivity contribution is 5.95. The maximum Gasteiger partial charge on any atom is 0.292 e. The van der Waals surface area contributed by atoms with Crippen LogP contribution in [0.3, 0.4) is 0 Å². The van der Waals surface area contributed by atoms with Gasteiger partial charge in [0.25, 0.3) is 11.6 Å². The zero-order valence-electron chi connectivity index (χ0n) is 14.5. The number of hydrogen-bond acceptors (Lipinski definition) is 5. The molecule has 0 aliphatic heterocycles. The molecular weight excluding hydrogens is 346 g/mol. The lowest BCUT2D eigenvalue weighted by molar-refractivity contribution is -0.383. The number of imidazole rings is 1. The minimum atomic E-state index is -0.605. The number of rotatable bonds is 7. The van der Waals surface area contributed by atoms with Crippen LogP contribution in [0.2, 0.25) is 0 Å². The molecule has 8 nitrogen and oxygen atoms in total. The van der Waals surface area contributed by atoms with E-state index in [2.05, 4.69) is 10.3 Å². The molecule has 1 aromatic heterocycles. The summed E-state index contributed by atoms with van der Waals surface area (Å²) in [5, 5.41) is 13.7. The van der Waals surface area contributed by atoms with E-state index in [0.717, 1.165) is 11.4 Å². The van der Waals surface area contributed by atoms with E-state index in [1.165, 1.54) is 18.2 Å². The first-order valence-corrected chi connectivity index (χ1v) is 8.40. The van der Waals surface area contributed by atoms with E-state index in [4.69, 9.17) is 5.73 Å². The van der Waals surface area contributed by atoms with Crippen molar-refractivity contribution in [2.24, 2.45) is 0 Å². The Bertz CT molecular complexity index is 953. The van der Waals surface area contributed by atoms with Crippen molar-refractivity contribution in [3.63, 3.8) is 0 Å². The van der Waals surface area contributed by atoms with Gasteiger partial charge in [0.1, 0.15) is 11.5 Å². The molecule has 0 unspecified atom stereocenters. The lowest BCUT2D eigenvalue weighted by Crippen LogP contribution is -2.26. The first kappa shape index (κ1) is 18.1. The van der Waals surface area contributed by atoms with Crippen molar-refractivity contribution in [3.05, 3.63) is 88.0 Å². The molecule has 0 radical (unpaired) electrons. The first-order chi connectivity index (χ1) is 13.0. The Morgan fingerprint density at radius 3 is 2.74 bits per heavy atom. The van der Waals surface area contributed by atoms with Crippen molar-refractivity contribution in [2.45, 2.75) is 13.0 Å². The highest BCUT2D eigenvalue weighted by Crippen LogP contribution is 2.22. The van der Waals surface area contributed by atoms with E-state index < -0.39 is 4.92 Å². The molecule has 1 heterocycles. The molecule has 0 atom stereocenters. The number of nitrogens with one attached hydrogen (secondary N) is 1. The fraction of sp³-hybridized carbons (Fsp3) is 0.158. The van der Waals surface area contributed by atoms with Crippen molar-refractivity contribution >= 4 is 17.3 Å². The zero-order valence-corrected chi connectivity index (χ0v) is 14.5. The van der Waals surface area contributed by atoms with Crippen molar-refractivity contribution < 1.29 is 9.72 Å². The third-order valence-corrected chi connectivity index (χ3v) is 4.12. The average molecular weight is 365 g/mol. The quantitative estimate of drug-likeness (QED) is 0.379. The highest BCUT2D eigenvalue weighted by atomic mass is 16.6. The smallest absolute Gasteiger partial charge is 0.292 e. The summed E-state index contributed by atoms with van der Waals surface area (Å²) in [5.41, 5.74) is 6.66. The summed E-state index contributed by atoms with van der Waals surface area (Å²) >= 11 is 0. The topological polar surface area (TPSA) is 116 Å². The second-order valence-electron chi connectivity index (χ2n) is 5.99. The van der Waals surface area contributed by atoms with E-state index in [1.807, 2.05) is 41.1 Å². The molecule has 3 rings (SSSR count). The summed E-state index contributed by atoms with van der Waals surface area (Å²) in [7, 11) is 0. The summed E-state index contributed by atoms with van der Waals surface area (Å²) < 4.78 is 2.02. The van der Waals surface area contributed by atoms with Gasteiger partial charge in [-0.3, -0.25) is 14.9 Å². The van der Waals surface area contributed by atoms with Crippen LogP contribution >= 0.6 is 0 Å². The summed E-state index contributed by atoms with van der Waals surface area (Å²) in [5.74, 6) is 0.460. The van der Waals surface area contributed by atoms with Gasteiger partial charge in [-0.15, -0.1) is 0 Å². The molecule has 138 valence electrons. The molecule has 2 aromatic carbocycles. The Balaban J connectivity index is 1.59. The SMILES string of the molecule is Nc1ccc(C(=O)NCCc2nccn2Cc2ccccc2)cc1[N+](=O)[O-]. The largest absolute Gasteiger partial charge is 0.393 e. The Hall–Kier alpha value is -3.68. The van der Waals surface area contributed by atoms with Gasteiger partial charge in [-0.05, 0) is 17.7 Å². The number of benzene rings is 2. The van der Waals surface area contributed by atoms with E-state index >= 15 is 0 Å². The standard InChI is InChI=1S/C19H19N5O3/c20-16-7-6-15(12-17(16)24(26)27)19(25)22-9-8-18-21-10-11-23(18)13-14-4-2-1-3-5-14/h1-7,10-12H,8-9,13,20H2,(H,22,25). The number of hydrogen-bond donors (Lipinski definition) is 2. The highest BCUT2D eigenvalue weighted by Gasteiger charge is 2.15. The molecule has 0 fully saturated rings. The van der Waals surface area contributed by atoms with Crippen molar-refractivity contribution in [1.29, 1.82) is 0 Å². The molecule has 0 saturated carbocycles. The predicted octanol–water partition coefficient (Wildman–Crippen LogP) is 2.39. The lowest BCUT2D eigenvalue weighted by atomic mass is 10.1. The fourth-order valence-corrected chi connectivity index (χ4v) is 2.73. The maximum absolute atomic E-state index is 12.2. The molecule has 3 N–H and O–H groups in total. The molecule has 8 heteroatoms. The molecule has 0 aliphatic carbocycles. The Morgan fingerprint density at radius 1 is 1.22 bits per heavy atom. The Kier molecular flexibility index (Phi) is 5.46. The fourth-order valence-electron chi connectivity index (χ4n) is 2.73. The zero-order chi connectivity index (χ0) is 19.2. The average Bonchev–Trinajstić information content (AvgIpc) is 3.09. The van der Waals surface area contributed by atoms with Crippen molar-refractivity contribution in [2.75, 3.05) is 12.3 Å². The van der Waals surface area contributed by atoms with Crippen molar-refractivity contribution in [1.82, 2.24) is 14.9 Å². The second-order valence-corrected chi connectivity index (χ2v) is 5.99. The van der Waals surface area contributed by atoms with Gasteiger partial charge in [-0.25, -0.2) is 4.98 Å². The number of nitro groups is 1. The molecule has 0 aliphatic rings. The second kappa shape index (κ2) is 8.13. The van der Waals surface area contributed by atoms with Crippen LogP contribution in [0.25, 0.3) is 0 Å². The third kappa shape index (κ3) is 4.49. The van der Waals surface area contributed by atoms with E-state index in [1.54, 1.807) is 6.20 Å². The number of aromatic nitrogens is 2. The lowest BCUT2D eigenvalue weighted by Gasteiger charge is -2.09. The molecule has 1 amide bonds. The third-order valence-electron chi connectivity index (χ3n) is 4.12. The molecule has 0 saturated heterocycles. The van der Waals surface area contributed by atoms with Crippen LogP contribution in [-0.2, 0) is 13.0 Å². The first-order valence-electron chi connectivity index (χ1n) is 8.40. The Morgan fingerprint density at radius 2 is 2.00 bits per heavy atom. The number of carbonyl (C=O) groups excluding carboxylic acids is 1. The van der Waals surface area contributed by atoms with Gasteiger partial charge in [0.2, 0.25) is 0 Å². The number of nitrogen functional groups attached to an aromatic ring is 1. The number of nitrogens with two attached hydrogens (primary N) is 1. The monoisotopic (exact) mass is 365 g/mol. The number of nitrogens with zero attached hydrogens (tertiary/aromatic N) is 3.